The smallest absolute Gasteiger partial charge is 0.222 e. The van der Waals surface area contributed by atoms with Crippen LogP contribution in [0.3, 0.4) is 0 Å². The Morgan fingerprint density at radius 2 is 1.96 bits per heavy atom. The van der Waals surface area contributed by atoms with Crippen LogP contribution < -0.4 is 15.5 Å². The Labute approximate surface area is 145 Å². The second kappa shape index (κ2) is 7.53. The molecule has 3 rings (SSSR count). The zero-order valence-electron chi connectivity index (χ0n) is 15.1. The van der Waals surface area contributed by atoms with Crippen LogP contribution in [0.1, 0.15) is 25.8 Å². The van der Waals surface area contributed by atoms with Gasteiger partial charge in [-0.1, -0.05) is 26.0 Å². The summed E-state index contributed by atoms with van der Waals surface area (Å²) in [6, 6.07) is 8.99. The van der Waals surface area contributed by atoms with Gasteiger partial charge in [-0.15, -0.1) is 0 Å². The van der Waals surface area contributed by atoms with Crippen molar-refractivity contribution < 1.29 is 4.79 Å². The Balaban J connectivity index is 1.51. The van der Waals surface area contributed by atoms with Gasteiger partial charge >= 0.3 is 0 Å². The first-order valence-electron chi connectivity index (χ1n) is 9.10. The summed E-state index contributed by atoms with van der Waals surface area (Å²) in [5, 5.41) is 6.63. The van der Waals surface area contributed by atoms with E-state index in [1.54, 1.807) is 0 Å². The van der Waals surface area contributed by atoms with Gasteiger partial charge in [0.15, 0.2) is 0 Å². The van der Waals surface area contributed by atoms with E-state index in [0.717, 1.165) is 32.7 Å². The van der Waals surface area contributed by atoms with E-state index in [0.29, 0.717) is 12.3 Å². The van der Waals surface area contributed by atoms with Crippen molar-refractivity contribution in [3.63, 3.8) is 0 Å². The highest BCUT2D eigenvalue weighted by Gasteiger charge is 2.29. The van der Waals surface area contributed by atoms with Gasteiger partial charge in [-0.2, -0.15) is 0 Å². The Morgan fingerprint density at radius 3 is 2.62 bits per heavy atom. The van der Waals surface area contributed by atoms with E-state index in [9.17, 15) is 4.79 Å². The van der Waals surface area contributed by atoms with Crippen LogP contribution in [0.25, 0.3) is 0 Å². The summed E-state index contributed by atoms with van der Waals surface area (Å²) in [4.78, 5) is 16.9. The number of piperazine rings is 1. The molecule has 132 valence electrons. The number of aryl methyl sites for hydroxylation is 1. The highest BCUT2D eigenvalue weighted by atomic mass is 16.2. The van der Waals surface area contributed by atoms with E-state index < -0.39 is 0 Å². The normalized spacial score (nSPS) is 25.8. The molecule has 2 aliphatic rings. The lowest BCUT2D eigenvalue weighted by molar-refractivity contribution is -0.125. The molecule has 2 unspecified atom stereocenters. The number of amides is 1. The van der Waals surface area contributed by atoms with Crippen molar-refractivity contribution in [2.75, 3.05) is 37.6 Å². The predicted octanol–water partition coefficient (Wildman–Crippen LogP) is 1.58. The summed E-state index contributed by atoms with van der Waals surface area (Å²) in [7, 11) is 0. The van der Waals surface area contributed by atoms with Crippen molar-refractivity contribution in [1.29, 1.82) is 0 Å². The molecule has 0 saturated carbocycles. The molecule has 0 spiro atoms. The Kier molecular flexibility index (Phi) is 5.41. The first-order valence-corrected chi connectivity index (χ1v) is 9.10. The quantitative estimate of drug-likeness (QED) is 0.880. The SMILES string of the molecule is Cc1cccc(N2CCN(CC3CC(=O)NC(C(C)C)N3)CC2)c1. The Bertz CT molecular complexity index is 566. The maximum absolute atomic E-state index is 11.9. The number of hydrogen-bond donors (Lipinski definition) is 2. The summed E-state index contributed by atoms with van der Waals surface area (Å²) >= 11 is 0. The predicted molar refractivity (Wildman–Crippen MR) is 98.1 cm³/mol. The zero-order valence-corrected chi connectivity index (χ0v) is 15.1. The third-order valence-electron chi connectivity index (χ3n) is 5.05. The molecule has 1 aromatic carbocycles. The van der Waals surface area contributed by atoms with Gasteiger partial charge in [0.25, 0.3) is 0 Å². The average Bonchev–Trinajstić information content (AvgIpc) is 2.55. The molecular formula is C19H30N4O. The fourth-order valence-electron chi connectivity index (χ4n) is 3.61. The largest absolute Gasteiger partial charge is 0.369 e. The van der Waals surface area contributed by atoms with Crippen LogP contribution in [-0.2, 0) is 4.79 Å². The van der Waals surface area contributed by atoms with Crippen molar-refractivity contribution in [2.45, 2.75) is 39.4 Å². The minimum Gasteiger partial charge on any atom is -0.369 e. The van der Waals surface area contributed by atoms with Gasteiger partial charge in [-0.25, -0.2) is 0 Å². The molecular weight excluding hydrogens is 300 g/mol. The Hall–Kier alpha value is -1.59. The number of carbonyl (C=O) groups excluding carboxylic acids is 1. The number of nitrogens with one attached hydrogen (secondary N) is 2. The molecule has 2 fully saturated rings. The molecule has 0 radical (unpaired) electrons. The van der Waals surface area contributed by atoms with Gasteiger partial charge in [-0.05, 0) is 30.5 Å². The van der Waals surface area contributed by atoms with Gasteiger partial charge in [0.05, 0.1) is 6.17 Å². The summed E-state index contributed by atoms with van der Waals surface area (Å²) in [5.41, 5.74) is 2.64. The van der Waals surface area contributed by atoms with E-state index >= 15 is 0 Å². The van der Waals surface area contributed by atoms with Crippen LogP contribution in [0.2, 0.25) is 0 Å². The first kappa shape index (κ1) is 17.2. The lowest BCUT2D eigenvalue weighted by Gasteiger charge is -2.40. The Morgan fingerprint density at radius 1 is 1.21 bits per heavy atom. The summed E-state index contributed by atoms with van der Waals surface area (Å²) in [6.45, 7) is 11.6. The molecule has 2 atom stereocenters. The van der Waals surface area contributed by atoms with Crippen LogP contribution in [0.4, 0.5) is 5.69 Å². The van der Waals surface area contributed by atoms with E-state index in [1.807, 2.05) is 0 Å². The van der Waals surface area contributed by atoms with E-state index in [-0.39, 0.29) is 18.1 Å². The lowest BCUT2D eigenvalue weighted by atomic mass is 10.0. The van der Waals surface area contributed by atoms with Gasteiger partial charge < -0.3 is 10.2 Å². The molecule has 2 aliphatic heterocycles. The van der Waals surface area contributed by atoms with Crippen molar-refractivity contribution in [3.05, 3.63) is 29.8 Å². The minimum absolute atomic E-state index is 0.102. The number of hydrogen-bond acceptors (Lipinski definition) is 4. The standard InChI is InChI=1S/C19H30N4O/c1-14(2)19-20-16(12-18(24)21-19)13-22-7-9-23(10-8-22)17-6-4-5-15(3)11-17/h4-6,11,14,16,19-20H,7-10,12-13H2,1-3H3,(H,21,24). The average molecular weight is 330 g/mol. The summed E-state index contributed by atoms with van der Waals surface area (Å²) in [6.07, 6.45) is 0.686. The number of anilines is 1. The molecule has 2 N–H and O–H groups in total. The summed E-state index contributed by atoms with van der Waals surface area (Å²) < 4.78 is 0. The van der Waals surface area contributed by atoms with Crippen LogP contribution >= 0.6 is 0 Å². The molecule has 0 bridgehead atoms. The summed E-state index contributed by atoms with van der Waals surface area (Å²) in [5.74, 6) is 0.589. The molecule has 2 saturated heterocycles. The van der Waals surface area contributed by atoms with Gasteiger partial charge in [0.1, 0.15) is 0 Å². The molecule has 1 aromatic rings. The van der Waals surface area contributed by atoms with Crippen LogP contribution in [0.15, 0.2) is 24.3 Å². The molecule has 1 amide bonds. The zero-order chi connectivity index (χ0) is 17.1. The van der Waals surface area contributed by atoms with Crippen LogP contribution in [0.5, 0.6) is 0 Å². The van der Waals surface area contributed by atoms with Crippen molar-refractivity contribution in [1.82, 2.24) is 15.5 Å². The molecule has 2 heterocycles. The van der Waals surface area contributed by atoms with E-state index in [2.05, 4.69) is 65.5 Å². The van der Waals surface area contributed by atoms with Crippen LogP contribution in [-0.4, -0.2) is 55.7 Å². The first-order chi connectivity index (χ1) is 11.5. The highest BCUT2D eigenvalue weighted by molar-refractivity contribution is 5.77. The lowest BCUT2D eigenvalue weighted by Crippen LogP contribution is -2.62. The fraction of sp³-hybridized carbons (Fsp3) is 0.632. The number of benzene rings is 1. The van der Waals surface area contributed by atoms with Crippen molar-refractivity contribution in [3.8, 4) is 0 Å². The fourth-order valence-corrected chi connectivity index (χ4v) is 3.61. The third-order valence-corrected chi connectivity index (χ3v) is 5.05. The maximum Gasteiger partial charge on any atom is 0.222 e. The minimum atomic E-state index is 0.102. The highest BCUT2D eigenvalue weighted by Crippen LogP contribution is 2.18. The third kappa shape index (κ3) is 4.28. The molecule has 24 heavy (non-hydrogen) atoms. The maximum atomic E-state index is 11.9. The molecule has 5 heteroatoms. The second-order valence-corrected chi connectivity index (χ2v) is 7.48. The van der Waals surface area contributed by atoms with E-state index in [1.165, 1.54) is 11.3 Å². The molecule has 0 aromatic heterocycles. The number of carbonyl (C=O) groups is 1. The van der Waals surface area contributed by atoms with Gasteiger partial charge in [-0.3, -0.25) is 15.0 Å². The topological polar surface area (TPSA) is 47.6 Å². The van der Waals surface area contributed by atoms with Crippen molar-refractivity contribution >= 4 is 11.6 Å². The van der Waals surface area contributed by atoms with E-state index in [4.69, 9.17) is 0 Å². The monoisotopic (exact) mass is 330 g/mol. The molecule has 5 nitrogen and oxygen atoms in total. The number of rotatable bonds is 4. The molecule has 0 aliphatic carbocycles. The second-order valence-electron chi connectivity index (χ2n) is 7.48. The van der Waals surface area contributed by atoms with Gasteiger partial charge in [0, 0.05) is 50.9 Å². The van der Waals surface area contributed by atoms with Crippen LogP contribution in [0, 0.1) is 12.8 Å². The van der Waals surface area contributed by atoms with Crippen molar-refractivity contribution in [2.24, 2.45) is 5.92 Å². The van der Waals surface area contributed by atoms with Gasteiger partial charge in [0.2, 0.25) is 5.91 Å². The number of nitrogens with zero attached hydrogens (tertiary/aromatic N) is 2.